The highest BCUT2D eigenvalue weighted by molar-refractivity contribution is 7.89. The normalized spacial score (nSPS) is 20.5. The van der Waals surface area contributed by atoms with Crippen molar-refractivity contribution in [3.63, 3.8) is 0 Å². The molecule has 3 rings (SSSR count). The van der Waals surface area contributed by atoms with Gasteiger partial charge in [0.2, 0.25) is 15.9 Å². The van der Waals surface area contributed by atoms with Crippen LogP contribution in [0.4, 0.5) is 0 Å². The first-order valence-corrected chi connectivity index (χ1v) is 11.6. The Labute approximate surface area is 166 Å². The number of benzene rings is 1. The highest BCUT2D eigenvalue weighted by Crippen LogP contribution is 2.19. The standard InChI is InChI=1S/C19H28ClN3O3S/c20-15-6-8-18(9-7-15)27(25,26)22-17-10-12-23(13-11-17)14-19(24)21-16-4-2-1-3-5-16/h6-9,16-17,22H,1-5,10-14H2,(H,21,24). The van der Waals surface area contributed by atoms with Gasteiger partial charge in [-0.3, -0.25) is 9.69 Å². The molecule has 150 valence electrons. The van der Waals surface area contributed by atoms with E-state index in [1.807, 2.05) is 0 Å². The van der Waals surface area contributed by atoms with Crippen molar-refractivity contribution in [1.82, 2.24) is 14.9 Å². The van der Waals surface area contributed by atoms with Gasteiger partial charge < -0.3 is 5.32 Å². The van der Waals surface area contributed by atoms with E-state index in [-0.39, 0.29) is 16.8 Å². The smallest absolute Gasteiger partial charge is 0.240 e. The van der Waals surface area contributed by atoms with E-state index >= 15 is 0 Å². The number of hydrogen-bond donors (Lipinski definition) is 2. The molecule has 2 N–H and O–H groups in total. The van der Waals surface area contributed by atoms with Crippen molar-refractivity contribution in [3.8, 4) is 0 Å². The van der Waals surface area contributed by atoms with Crippen molar-refractivity contribution in [2.24, 2.45) is 0 Å². The van der Waals surface area contributed by atoms with Crippen molar-refractivity contribution in [3.05, 3.63) is 29.3 Å². The fraction of sp³-hybridized carbons (Fsp3) is 0.632. The van der Waals surface area contributed by atoms with Gasteiger partial charge in [0.1, 0.15) is 0 Å². The van der Waals surface area contributed by atoms with Gasteiger partial charge in [0.25, 0.3) is 0 Å². The largest absolute Gasteiger partial charge is 0.352 e. The first-order chi connectivity index (χ1) is 12.9. The number of sulfonamides is 1. The van der Waals surface area contributed by atoms with E-state index in [4.69, 9.17) is 11.6 Å². The molecule has 1 aromatic rings. The lowest BCUT2D eigenvalue weighted by atomic mass is 9.95. The van der Waals surface area contributed by atoms with Crippen LogP contribution >= 0.6 is 11.6 Å². The van der Waals surface area contributed by atoms with Gasteiger partial charge in [-0.25, -0.2) is 13.1 Å². The second kappa shape index (κ2) is 9.37. The number of amides is 1. The number of nitrogens with zero attached hydrogens (tertiary/aromatic N) is 1. The highest BCUT2D eigenvalue weighted by atomic mass is 35.5. The van der Waals surface area contributed by atoms with E-state index < -0.39 is 10.0 Å². The number of rotatable bonds is 6. The predicted molar refractivity (Wildman–Crippen MR) is 106 cm³/mol. The van der Waals surface area contributed by atoms with Crippen molar-refractivity contribution < 1.29 is 13.2 Å². The minimum Gasteiger partial charge on any atom is -0.352 e. The maximum absolute atomic E-state index is 12.5. The maximum atomic E-state index is 12.5. The van der Waals surface area contributed by atoms with Crippen molar-refractivity contribution in [2.75, 3.05) is 19.6 Å². The summed E-state index contributed by atoms with van der Waals surface area (Å²) in [7, 11) is -3.54. The lowest BCUT2D eigenvalue weighted by Gasteiger charge is -2.32. The average molecular weight is 414 g/mol. The minimum absolute atomic E-state index is 0.0853. The Bertz CT molecular complexity index is 725. The molecule has 27 heavy (non-hydrogen) atoms. The number of hydrogen-bond acceptors (Lipinski definition) is 4. The molecule has 0 spiro atoms. The second-order valence-corrected chi connectivity index (χ2v) is 9.68. The quantitative estimate of drug-likeness (QED) is 0.751. The minimum atomic E-state index is -3.54. The molecular weight excluding hydrogens is 386 g/mol. The summed E-state index contributed by atoms with van der Waals surface area (Å²) in [5.74, 6) is 0.0853. The Hall–Kier alpha value is -1.15. The van der Waals surface area contributed by atoms with Gasteiger partial charge in [-0.05, 0) is 49.9 Å². The monoisotopic (exact) mass is 413 g/mol. The van der Waals surface area contributed by atoms with Crippen LogP contribution in [0.25, 0.3) is 0 Å². The lowest BCUT2D eigenvalue weighted by molar-refractivity contribution is -0.123. The summed E-state index contributed by atoms with van der Waals surface area (Å²) in [6, 6.07) is 6.39. The van der Waals surface area contributed by atoms with Crippen LogP contribution in [0.15, 0.2) is 29.2 Å². The molecule has 0 bridgehead atoms. The Kier molecular flexibility index (Phi) is 7.14. The third kappa shape index (κ3) is 6.17. The van der Waals surface area contributed by atoms with Gasteiger partial charge in [-0.15, -0.1) is 0 Å². The van der Waals surface area contributed by atoms with E-state index in [1.165, 1.54) is 31.4 Å². The van der Waals surface area contributed by atoms with Crippen LogP contribution in [0, 0.1) is 0 Å². The van der Waals surface area contributed by atoms with E-state index in [9.17, 15) is 13.2 Å². The van der Waals surface area contributed by atoms with Gasteiger partial charge in [0, 0.05) is 30.2 Å². The first kappa shape index (κ1) is 20.6. The molecule has 1 amide bonds. The van der Waals surface area contributed by atoms with Crippen LogP contribution in [0.5, 0.6) is 0 Å². The summed E-state index contributed by atoms with van der Waals surface area (Å²) < 4.78 is 27.7. The van der Waals surface area contributed by atoms with Gasteiger partial charge >= 0.3 is 0 Å². The molecule has 6 nitrogen and oxygen atoms in total. The molecule has 1 saturated heterocycles. The molecule has 0 unspecified atom stereocenters. The van der Waals surface area contributed by atoms with Crippen LogP contribution in [0.2, 0.25) is 5.02 Å². The van der Waals surface area contributed by atoms with Crippen LogP contribution in [-0.2, 0) is 14.8 Å². The Morgan fingerprint density at radius 1 is 1.00 bits per heavy atom. The zero-order valence-electron chi connectivity index (χ0n) is 15.5. The third-order valence-corrected chi connectivity index (χ3v) is 7.16. The SMILES string of the molecule is O=C(CN1CCC(NS(=O)(=O)c2ccc(Cl)cc2)CC1)NC1CCCCC1. The van der Waals surface area contributed by atoms with E-state index in [0.29, 0.717) is 43.5 Å². The van der Waals surface area contributed by atoms with Crippen molar-refractivity contribution in [1.29, 1.82) is 0 Å². The fourth-order valence-corrected chi connectivity index (χ4v) is 5.26. The molecule has 1 heterocycles. The molecule has 2 fully saturated rings. The summed E-state index contributed by atoms with van der Waals surface area (Å²) in [5, 5.41) is 3.65. The topological polar surface area (TPSA) is 78.5 Å². The number of carbonyl (C=O) groups is 1. The van der Waals surface area contributed by atoms with E-state index in [0.717, 1.165) is 12.8 Å². The van der Waals surface area contributed by atoms with Crippen LogP contribution in [0.1, 0.15) is 44.9 Å². The molecule has 2 aliphatic rings. The number of carbonyl (C=O) groups excluding carboxylic acids is 1. The predicted octanol–water partition coefficient (Wildman–Crippen LogP) is 2.53. The lowest BCUT2D eigenvalue weighted by Crippen LogP contribution is -2.48. The number of nitrogens with one attached hydrogen (secondary N) is 2. The summed E-state index contributed by atoms with van der Waals surface area (Å²) in [6.07, 6.45) is 7.23. The number of piperidine rings is 1. The molecule has 1 aromatic carbocycles. The highest BCUT2D eigenvalue weighted by Gasteiger charge is 2.26. The Morgan fingerprint density at radius 2 is 1.63 bits per heavy atom. The average Bonchev–Trinajstić information content (AvgIpc) is 2.64. The van der Waals surface area contributed by atoms with Gasteiger partial charge in [0.05, 0.1) is 11.4 Å². The number of halogens is 1. The first-order valence-electron chi connectivity index (χ1n) is 9.72. The van der Waals surface area contributed by atoms with Gasteiger partial charge in [-0.2, -0.15) is 0 Å². The zero-order valence-corrected chi connectivity index (χ0v) is 17.1. The Balaban J connectivity index is 1.43. The molecule has 0 radical (unpaired) electrons. The van der Waals surface area contributed by atoms with Crippen molar-refractivity contribution >= 4 is 27.5 Å². The summed E-state index contributed by atoms with van der Waals surface area (Å²) in [6.45, 7) is 1.82. The molecule has 1 aliphatic heterocycles. The summed E-state index contributed by atoms with van der Waals surface area (Å²) in [5.41, 5.74) is 0. The number of likely N-dealkylation sites (tertiary alicyclic amines) is 1. The summed E-state index contributed by atoms with van der Waals surface area (Å²) >= 11 is 5.82. The molecular formula is C19H28ClN3O3S. The summed E-state index contributed by atoms with van der Waals surface area (Å²) in [4.78, 5) is 14.6. The van der Waals surface area contributed by atoms with E-state index in [1.54, 1.807) is 12.1 Å². The zero-order chi connectivity index (χ0) is 19.3. The molecule has 1 saturated carbocycles. The Morgan fingerprint density at radius 3 is 2.26 bits per heavy atom. The molecule has 1 aliphatic carbocycles. The molecule has 0 atom stereocenters. The van der Waals surface area contributed by atoms with Gasteiger partial charge in [-0.1, -0.05) is 30.9 Å². The van der Waals surface area contributed by atoms with Crippen LogP contribution < -0.4 is 10.0 Å². The molecule has 0 aromatic heterocycles. The van der Waals surface area contributed by atoms with Crippen molar-refractivity contribution in [2.45, 2.75) is 61.9 Å². The third-order valence-electron chi connectivity index (χ3n) is 5.37. The molecule has 8 heteroatoms. The van der Waals surface area contributed by atoms with Crippen LogP contribution in [0.3, 0.4) is 0 Å². The second-order valence-electron chi connectivity index (χ2n) is 7.53. The maximum Gasteiger partial charge on any atom is 0.240 e. The van der Waals surface area contributed by atoms with E-state index in [2.05, 4.69) is 14.9 Å². The van der Waals surface area contributed by atoms with Crippen LogP contribution in [-0.4, -0.2) is 50.9 Å². The fourth-order valence-electron chi connectivity index (χ4n) is 3.83. The van der Waals surface area contributed by atoms with Gasteiger partial charge in [0.15, 0.2) is 0 Å².